The zero-order valence-corrected chi connectivity index (χ0v) is 12.0. The standard InChI is InChI=1S/C16H25FN2/c1-3-19-10-8-14(9-11-19)13(2)18-12-15-6-4-5-7-16(15)17/h4-7,13-14,18H,3,8-12H2,1-2H3. The lowest BCUT2D eigenvalue weighted by Crippen LogP contribution is -2.41. The summed E-state index contributed by atoms with van der Waals surface area (Å²) in [5.74, 6) is 0.609. The molecule has 1 N–H and O–H groups in total. The van der Waals surface area contributed by atoms with Crippen molar-refractivity contribution in [3.8, 4) is 0 Å². The first-order valence-electron chi connectivity index (χ1n) is 7.40. The van der Waals surface area contributed by atoms with Crippen LogP contribution in [-0.2, 0) is 6.54 Å². The number of nitrogens with one attached hydrogen (secondary N) is 1. The zero-order valence-electron chi connectivity index (χ0n) is 12.0. The monoisotopic (exact) mass is 264 g/mol. The maximum absolute atomic E-state index is 13.5. The summed E-state index contributed by atoms with van der Waals surface area (Å²) < 4.78 is 13.5. The van der Waals surface area contributed by atoms with E-state index >= 15 is 0 Å². The van der Waals surface area contributed by atoms with Gasteiger partial charge in [0.15, 0.2) is 0 Å². The van der Waals surface area contributed by atoms with Crippen molar-refractivity contribution in [1.82, 2.24) is 10.2 Å². The largest absolute Gasteiger partial charge is 0.310 e. The van der Waals surface area contributed by atoms with Gasteiger partial charge in [-0.2, -0.15) is 0 Å². The van der Waals surface area contributed by atoms with Crippen molar-refractivity contribution in [1.29, 1.82) is 0 Å². The molecule has 19 heavy (non-hydrogen) atoms. The van der Waals surface area contributed by atoms with Gasteiger partial charge in [0.05, 0.1) is 0 Å². The summed E-state index contributed by atoms with van der Waals surface area (Å²) in [6, 6.07) is 7.47. The Balaban J connectivity index is 1.79. The van der Waals surface area contributed by atoms with Crippen LogP contribution in [0.4, 0.5) is 4.39 Å². The van der Waals surface area contributed by atoms with Crippen LogP contribution in [0.3, 0.4) is 0 Å². The van der Waals surface area contributed by atoms with Crippen LogP contribution in [0.2, 0.25) is 0 Å². The third kappa shape index (κ3) is 4.02. The molecule has 2 rings (SSSR count). The van der Waals surface area contributed by atoms with E-state index in [2.05, 4.69) is 24.1 Å². The molecule has 1 aliphatic rings. The highest BCUT2D eigenvalue weighted by Crippen LogP contribution is 2.20. The number of piperidine rings is 1. The Kier molecular flexibility index (Phi) is 5.34. The van der Waals surface area contributed by atoms with E-state index in [0.29, 0.717) is 12.6 Å². The number of benzene rings is 1. The second-order valence-corrected chi connectivity index (χ2v) is 5.53. The third-order valence-electron chi connectivity index (χ3n) is 4.36. The molecule has 1 unspecified atom stereocenters. The van der Waals surface area contributed by atoms with Crippen molar-refractivity contribution in [2.45, 2.75) is 39.3 Å². The van der Waals surface area contributed by atoms with Gasteiger partial charge in [0.25, 0.3) is 0 Å². The second-order valence-electron chi connectivity index (χ2n) is 5.53. The average Bonchev–Trinajstić information content (AvgIpc) is 2.46. The first-order chi connectivity index (χ1) is 9.20. The van der Waals surface area contributed by atoms with Gasteiger partial charge in [-0.1, -0.05) is 25.1 Å². The molecule has 0 spiro atoms. The SMILES string of the molecule is CCN1CCC(C(C)NCc2ccccc2F)CC1. The highest BCUT2D eigenvalue weighted by Gasteiger charge is 2.22. The van der Waals surface area contributed by atoms with Gasteiger partial charge in [-0.3, -0.25) is 0 Å². The molecule has 1 fully saturated rings. The Labute approximate surface area is 116 Å². The number of hydrogen-bond acceptors (Lipinski definition) is 2. The van der Waals surface area contributed by atoms with Crippen LogP contribution >= 0.6 is 0 Å². The minimum atomic E-state index is -0.108. The van der Waals surface area contributed by atoms with Crippen LogP contribution in [0, 0.1) is 11.7 Å². The summed E-state index contributed by atoms with van der Waals surface area (Å²) in [4.78, 5) is 2.50. The lowest BCUT2D eigenvalue weighted by atomic mass is 9.90. The molecule has 0 bridgehead atoms. The summed E-state index contributed by atoms with van der Waals surface area (Å²) >= 11 is 0. The first kappa shape index (κ1) is 14.5. The van der Waals surface area contributed by atoms with Crippen molar-refractivity contribution in [2.24, 2.45) is 5.92 Å². The minimum absolute atomic E-state index is 0.108. The number of nitrogens with zero attached hydrogens (tertiary/aromatic N) is 1. The number of halogens is 1. The minimum Gasteiger partial charge on any atom is -0.310 e. The van der Waals surface area contributed by atoms with Crippen LogP contribution in [0.5, 0.6) is 0 Å². The normalized spacial score (nSPS) is 19.5. The van der Waals surface area contributed by atoms with Crippen molar-refractivity contribution in [3.05, 3.63) is 35.6 Å². The fourth-order valence-corrected chi connectivity index (χ4v) is 2.85. The lowest BCUT2D eigenvalue weighted by Gasteiger charge is -2.34. The molecule has 0 saturated carbocycles. The van der Waals surface area contributed by atoms with Gasteiger partial charge in [-0.15, -0.1) is 0 Å². The van der Waals surface area contributed by atoms with Crippen LogP contribution < -0.4 is 5.32 Å². The van der Waals surface area contributed by atoms with Gasteiger partial charge in [-0.05, 0) is 51.4 Å². The van der Waals surface area contributed by atoms with Crippen LogP contribution in [0.1, 0.15) is 32.3 Å². The fourth-order valence-electron chi connectivity index (χ4n) is 2.85. The maximum atomic E-state index is 13.5. The quantitative estimate of drug-likeness (QED) is 0.879. The predicted octanol–water partition coefficient (Wildman–Crippen LogP) is 3.04. The highest BCUT2D eigenvalue weighted by atomic mass is 19.1. The van der Waals surface area contributed by atoms with E-state index in [1.807, 2.05) is 12.1 Å². The maximum Gasteiger partial charge on any atom is 0.127 e. The molecule has 1 aromatic rings. The van der Waals surface area contributed by atoms with Crippen molar-refractivity contribution in [2.75, 3.05) is 19.6 Å². The second kappa shape index (κ2) is 7.01. The smallest absolute Gasteiger partial charge is 0.127 e. The van der Waals surface area contributed by atoms with Crippen LogP contribution in [-0.4, -0.2) is 30.6 Å². The van der Waals surface area contributed by atoms with Gasteiger partial charge in [0, 0.05) is 18.2 Å². The Morgan fingerprint density at radius 3 is 2.63 bits per heavy atom. The lowest BCUT2D eigenvalue weighted by molar-refractivity contribution is 0.168. The summed E-state index contributed by atoms with van der Waals surface area (Å²) in [5.41, 5.74) is 0.764. The zero-order chi connectivity index (χ0) is 13.7. The summed E-state index contributed by atoms with van der Waals surface area (Å²) in [5, 5.41) is 3.48. The molecule has 1 aliphatic heterocycles. The van der Waals surface area contributed by atoms with Gasteiger partial charge >= 0.3 is 0 Å². The van der Waals surface area contributed by atoms with Crippen molar-refractivity contribution >= 4 is 0 Å². The third-order valence-corrected chi connectivity index (χ3v) is 4.36. The van der Waals surface area contributed by atoms with E-state index in [9.17, 15) is 4.39 Å². The Morgan fingerprint density at radius 1 is 1.32 bits per heavy atom. The molecule has 0 amide bonds. The van der Waals surface area contributed by atoms with E-state index in [-0.39, 0.29) is 5.82 Å². The molecule has 0 aromatic heterocycles. The fraction of sp³-hybridized carbons (Fsp3) is 0.625. The van der Waals surface area contributed by atoms with Gasteiger partial charge in [-0.25, -0.2) is 4.39 Å². The van der Waals surface area contributed by atoms with E-state index in [1.54, 1.807) is 6.07 Å². The summed E-state index contributed by atoms with van der Waals surface area (Å²) in [6.45, 7) is 8.64. The molecule has 1 heterocycles. The molecule has 1 atom stereocenters. The van der Waals surface area contributed by atoms with Crippen LogP contribution in [0.15, 0.2) is 24.3 Å². The molecule has 0 aliphatic carbocycles. The van der Waals surface area contributed by atoms with Gasteiger partial charge in [0.2, 0.25) is 0 Å². The van der Waals surface area contributed by atoms with Gasteiger partial charge in [0.1, 0.15) is 5.82 Å². The number of likely N-dealkylation sites (tertiary alicyclic amines) is 1. The van der Waals surface area contributed by atoms with E-state index in [1.165, 1.54) is 32.0 Å². The Hall–Kier alpha value is -0.930. The molecule has 1 aromatic carbocycles. The van der Waals surface area contributed by atoms with Crippen molar-refractivity contribution < 1.29 is 4.39 Å². The summed E-state index contributed by atoms with van der Waals surface area (Å²) in [6.07, 6.45) is 2.50. The molecular formula is C16H25FN2. The molecular weight excluding hydrogens is 239 g/mol. The van der Waals surface area contributed by atoms with Crippen LogP contribution in [0.25, 0.3) is 0 Å². The molecule has 2 nitrogen and oxygen atoms in total. The topological polar surface area (TPSA) is 15.3 Å². The Morgan fingerprint density at radius 2 is 2.00 bits per heavy atom. The first-order valence-corrected chi connectivity index (χ1v) is 7.40. The molecule has 1 saturated heterocycles. The van der Waals surface area contributed by atoms with E-state index in [0.717, 1.165) is 18.0 Å². The van der Waals surface area contributed by atoms with E-state index in [4.69, 9.17) is 0 Å². The highest BCUT2D eigenvalue weighted by molar-refractivity contribution is 5.17. The predicted molar refractivity (Wildman–Crippen MR) is 77.5 cm³/mol. The van der Waals surface area contributed by atoms with E-state index < -0.39 is 0 Å². The number of rotatable bonds is 5. The van der Waals surface area contributed by atoms with Gasteiger partial charge < -0.3 is 10.2 Å². The summed E-state index contributed by atoms with van der Waals surface area (Å²) in [7, 11) is 0. The molecule has 0 radical (unpaired) electrons. The Bertz CT molecular complexity index is 386. The van der Waals surface area contributed by atoms with Crippen molar-refractivity contribution in [3.63, 3.8) is 0 Å². The molecule has 3 heteroatoms. The average molecular weight is 264 g/mol. The molecule has 106 valence electrons. The number of hydrogen-bond donors (Lipinski definition) is 1.